The number of nitrogens with one attached hydrogen (secondary N) is 2. The van der Waals surface area contributed by atoms with Crippen molar-refractivity contribution in [2.75, 3.05) is 32.7 Å². The van der Waals surface area contributed by atoms with Crippen LogP contribution in [0.1, 0.15) is 23.3 Å². The summed E-state index contributed by atoms with van der Waals surface area (Å²) in [6.45, 7) is 0.798. The van der Waals surface area contributed by atoms with Crippen LogP contribution >= 0.6 is 0 Å². The molecule has 3 amide bonds. The minimum absolute atomic E-state index is 0.0492. The summed E-state index contributed by atoms with van der Waals surface area (Å²) in [5, 5.41) is 12.3. The highest BCUT2D eigenvalue weighted by Gasteiger charge is 2.41. The van der Waals surface area contributed by atoms with Gasteiger partial charge in [-0.05, 0) is 25.0 Å². The lowest BCUT2D eigenvalue weighted by Gasteiger charge is -2.34. The van der Waals surface area contributed by atoms with Crippen molar-refractivity contribution in [2.45, 2.75) is 18.4 Å². The van der Waals surface area contributed by atoms with Crippen LogP contribution in [-0.4, -0.2) is 75.9 Å². The molecule has 0 spiro atoms. The van der Waals surface area contributed by atoms with Gasteiger partial charge in [0, 0.05) is 44.2 Å². The summed E-state index contributed by atoms with van der Waals surface area (Å²) in [5.41, 5.74) is -0.573. The van der Waals surface area contributed by atoms with Crippen LogP contribution in [0.25, 0.3) is 10.9 Å². The first-order valence-corrected chi connectivity index (χ1v) is 9.32. The quantitative estimate of drug-likeness (QED) is 0.641. The van der Waals surface area contributed by atoms with Gasteiger partial charge in [0.25, 0.3) is 5.91 Å². The van der Waals surface area contributed by atoms with E-state index in [1.807, 2.05) is 0 Å². The van der Waals surface area contributed by atoms with Crippen molar-refractivity contribution in [3.63, 3.8) is 0 Å². The second kappa shape index (κ2) is 7.11. The van der Waals surface area contributed by atoms with Gasteiger partial charge in [-0.1, -0.05) is 0 Å². The number of hydrogen-bond donors (Lipinski definition) is 3. The molecule has 0 unspecified atom stereocenters. The van der Waals surface area contributed by atoms with Gasteiger partial charge in [-0.2, -0.15) is 0 Å². The van der Waals surface area contributed by atoms with Gasteiger partial charge in [-0.3, -0.25) is 14.4 Å². The Bertz CT molecular complexity index is 994. The number of amides is 3. The number of carbonyl (C=O) groups is 3. The average molecular weight is 406 g/mol. The Labute approximate surface area is 164 Å². The molecule has 2 heterocycles. The van der Waals surface area contributed by atoms with E-state index in [0.717, 1.165) is 12.1 Å². The highest BCUT2D eigenvalue weighted by Crippen LogP contribution is 2.33. The number of halogens is 2. The van der Waals surface area contributed by atoms with Gasteiger partial charge in [-0.15, -0.1) is 0 Å². The molecular formula is C19H20F2N4O4. The smallest absolute Gasteiger partial charge is 0.312 e. The molecule has 2 fully saturated rings. The molecule has 1 aromatic carbocycles. The molecule has 8 nitrogen and oxygen atoms in total. The number of carbonyl (C=O) groups excluding carboxylic acids is 3. The van der Waals surface area contributed by atoms with Gasteiger partial charge >= 0.3 is 11.8 Å². The first-order valence-electron chi connectivity index (χ1n) is 9.32. The largest absolute Gasteiger partial charge is 0.388 e. The van der Waals surface area contributed by atoms with Crippen molar-refractivity contribution in [3.05, 3.63) is 35.5 Å². The van der Waals surface area contributed by atoms with Crippen LogP contribution in [0.4, 0.5) is 8.78 Å². The van der Waals surface area contributed by atoms with Gasteiger partial charge < -0.3 is 25.2 Å². The number of aromatic amines is 1. The predicted octanol–water partition coefficient (Wildman–Crippen LogP) is 0.372. The van der Waals surface area contributed by atoms with Crippen LogP contribution in [0.2, 0.25) is 0 Å². The number of aliphatic hydroxyl groups is 1. The molecule has 1 saturated carbocycles. The lowest BCUT2D eigenvalue weighted by molar-refractivity contribution is -0.147. The number of benzene rings is 1. The maximum atomic E-state index is 13.8. The zero-order valence-electron chi connectivity index (χ0n) is 15.5. The monoisotopic (exact) mass is 406 g/mol. The average Bonchev–Trinajstić information content (AvgIpc) is 3.28. The fourth-order valence-electron chi connectivity index (χ4n) is 3.34. The van der Waals surface area contributed by atoms with E-state index in [1.54, 1.807) is 0 Å². The molecule has 10 heteroatoms. The lowest BCUT2D eigenvalue weighted by atomic mass is 10.2. The molecule has 29 heavy (non-hydrogen) atoms. The van der Waals surface area contributed by atoms with Crippen molar-refractivity contribution in [3.8, 4) is 0 Å². The van der Waals surface area contributed by atoms with E-state index in [-0.39, 0.29) is 49.3 Å². The summed E-state index contributed by atoms with van der Waals surface area (Å²) in [6.07, 6.45) is 1.21. The molecule has 1 aliphatic heterocycles. The van der Waals surface area contributed by atoms with Gasteiger partial charge in [0.15, 0.2) is 0 Å². The molecule has 0 radical (unpaired) electrons. The van der Waals surface area contributed by atoms with Crippen molar-refractivity contribution < 1.29 is 28.3 Å². The third kappa shape index (κ3) is 3.93. The Morgan fingerprint density at radius 1 is 1.07 bits per heavy atom. The van der Waals surface area contributed by atoms with Crippen LogP contribution in [0.3, 0.4) is 0 Å². The van der Waals surface area contributed by atoms with Crippen molar-refractivity contribution in [2.24, 2.45) is 0 Å². The minimum Gasteiger partial charge on any atom is -0.388 e. The number of hydrogen-bond acceptors (Lipinski definition) is 4. The third-order valence-electron chi connectivity index (χ3n) is 5.34. The molecule has 1 saturated heterocycles. The zero-order chi connectivity index (χ0) is 20.8. The van der Waals surface area contributed by atoms with Crippen LogP contribution in [0.5, 0.6) is 0 Å². The maximum Gasteiger partial charge on any atom is 0.312 e. The fraction of sp³-hybridized carbons (Fsp3) is 0.421. The SMILES string of the molecule is O=C(NCC1(O)CC1)C(=O)N1CCN(C(=O)c2cc3c(F)cc(F)cc3[nH]2)CC1. The third-order valence-corrected chi connectivity index (χ3v) is 5.34. The molecule has 0 bridgehead atoms. The van der Waals surface area contributed by atoms with Gasteiger partial charge in [-0.25, -0.2) is 8.78 Å². The highest BCUT2D eigenvalue weighted by molar-refractivity contribution is 6.35. The molecule has 0 atom stereocenters. The van der Waals surface area contributed by atoms with E-state index in [9.17, 15) is 28.3 Å². The van der Waals surface area contributed by atoms with Gasteiger partial charge in [0.05, 0.1) is 11.1 Å². The Balaban J connectivity index is 1.35. The highest BCUT2D eigenvalue weighted by atomic mass is 19.1. The second-order valence-electron chi connectivity index (χ2n) is 7.52. The number of rotatable bonds is 3. The zero-order valence-corrected chi connectivity index (χ0v) is 15.5. The van der Waals surface area contributed by atoms with Crippen LogP contribution < -0.4 is 5.32 Å². The van der Waals surface area contributed by atoms with Crippen LogP contribution in [0, 0.1) is 11.6 Å². The molecule has 2 aromatic rings. The molecule has 4 rings (SSSR count). The van der Waals surface area contributed by atoms with E-state index in [1.165, 1.54) is 15.9 Å². The molecule has 1 aromatic heterocycles. The topological polar surface area (TPSA) is 106 Å². The van der Waals surface area contributed by atoms with Crippen LogP contribution in [0.15, 0.2) is 18.2 Å². The molecule has 3 N–H and O–H groups in total. The van der Waals surface area contributed by atoms with E-state index < -0.39 is 35.0 Å². The summed E-state index contributed by atoms with van der Waals surface area (Å²) in [6, 6.07) is 3.20. The van der Waals surface area contributed by atoms with Crippen molar-refractivity contribution in [1.29, 1.82) is 0 Å². The number of fused-ring (bicyclic) bond motifs is 1. The Hall–Kier alpha value is -3.01. The lowest BCUT2D eigenvalue weighted by Crippen LogP contribution is -2.54. The van der Waals surface area contributed by atoms with E-state index in [2.05, 4.69) is 10.3 Å². The summed E-state index contributed by atoms with van der Waals surface area (Å²) < 4.78 is 27.2. The fourth-order valence-corrected chi connectivity index (χ4v) is 3.34. The minimum atomic E-state index is -0.886. The Kier molecular flexibility index (Phi) is 4.73. The second-order valence-corrected chi connectivity index (χ2v) is 7.52. The molecule has 154 valence electrons. The molecule has 1 aliphatic carbocycles. The van der Waals surface area contributed by atoms with E-state index in [0.29, 0.717) is 12.8 Å². The Morgan fingerprint density at radius 3 is 2.38 bits per heavy atom. The maximum absolute atomic E-state index is 13.8. The summed E-state index contributed by atoms with van der Waals surface area (Å²) in [5.74, 6) is -3.38. The number of H-pyrrole nitrogens is 1. The summed E-state index contributed by atoms with van der Waals surface area (Å²) in [4.78, 5) is 42.4. The Morgan fingerprint density at radius 2 is 1.72 bits per heavy atom. The normalized spacial score (nSPS) is 18.0. The molecule has 2 aliphatic rings. The first kappa shape index (κ1) is 19.3. The van der Waals surface area contributed by atoms with Crippen LogP contribution in [-0.2, 0) is 9.59 Å². The van der Waals surface area contributed by atoms with E-state index in [4.69, 9.17) is 0 Å². The standard InChI is InChI=1S/C19H20F2N4O4/c20-11-7-13(21)12-9-15(23-14(12)8-11)17(27)24-3-5-25(6-4-24)18(28)16(26)22-10-19(29)1-2-19/h7-9,23,29H,1-6,10H2,(H,22,26). The number of nitrogens with zero attached hydrogens (tertiary/aromatic N) is 2. The number of aromatic nitrogens is 1. The van der Waals surface area contributed by atoms with E-state index >= 15 is 0 Å². The predicted molar refractivity (Wildman–Crippen MR) is 97.9 cm³/mol. The first-order chi connectivity index (χ1) is 13.8. The summed E-state index contributed by atoms with van der Waals surface area (Å²) >= 11 is 0. The van der Waals surface area contributed by atoms with Crippen molar-refractivity contribution >= 4 is 28.6 Å². The van der Waals surface area contributed by atoms with Gasteiger partial charge in [0.2, 0.25) is 0 Å². The number of piperazine rings is 1. The molecular weight excluding hydrogens is 386 g/mol. The van der Waals surface area contributed by atoms with Gasteiger partial charge in [0.1, 0.15) is 17.3 Å². The summed E-state index contributed by atoms with van der Waals surface area (Å²) in [7, 11) is 0. The van der Waals surface area contributed by atoms with Crippen molar-refractivity contribution in [1.82, 2.24) is 20.1 Å².